The molecule has 0 aliphatic carbocycles. The maximum Gasteiger partial charge on any atom is 0.238 e. The maximum atomic E-state index is 12.0. The van der Waals surface area contributed by atoms with E-state index in [1.165, 1.54) is 0 Å². The first-order valence-electron chi connectivity index (χ1n) is 7.23. The lowest BCUT2D eigenvalue weighted by Gasteiger charge is -2.18. The van der Waals surface area contributed by atoms with E-state index in [0.29, 0.717) is 5.92 Å². The summed E-state index contributed by atoms with van der Waals surface area (Å²) in [5.74, 6) is 0.284. The maximum absolute atomic E-state index is 12.0. The summed E-state index contributed by atoms with van der Waals surface area (Å²) < 4.78 is 0. The average molecular weight is 278 g/mol. The molecule has 112 valence electrons. The van der Waals surface area contributed by atoms with Crippen molar-refractivity contribution < 1.29 is 9.90 Å². The molecule has 1 atom stereocenters. The number of carbonyl (C=O) groups is 1. The van der Waals surface area contributed by atoms with Crippen molar-refractivity contribution in [3.63, 3.8) is 0 Å². The summed E-state index contributed by atoms with van der Waals surface area (Å²) in [7, 11) is 0. The third-order valence-electron chi connectivity index (χ3n) is 3.46. The lowest BCUT2D eigenvalue weighted by atomic mass is 9.98. The van der Waals surface area contributed by atoms with Crippen LogP contribution in [0.5, 0.6) is 0 Å². The number of carbonyl (C=O) groups excluding carboxylic acids is 1. The van der Waals surface area contributed by atoms with Crippen molar-refractivity contribution in [3.8, 4) is 0 Å². The number of aryl methyl sites for hydroxylation is 1. The molecule has 1 amide bonds. The fourth-order valence-corrected chi connectivity index (χ4v) is 2.10. The van der Waals surface area contributed by atoms with Gasteiger partial charge in [0.25, 0.3) is 0 Å². The van der Waals surface area contributed by atoms with Gasteiger partial charge < -0.3 is 15.7 Å². The van der Waals surface area contributed by atoms with Crippen molar-refractivity contribution in [2.75, 3.05) is 18.5 Å². The number of para-hydroxylation sites is 1. The summed E-state index contributed by atoms with van der Waals surface area (Å²) in [6, 6.07) is 6.03. The van der Waals surface area contributed by atoms with Gasteiger partial charge >= 0.3 is 0 Å². The number of benzene rings is 1. The fraction of sp³-hybridized carbons (Fsp3) is 0.562. The number of amides is 1. The van der Waals surface area contributed by atoms with Gasteiger partial charge in [0.2, 0.25) is 5.91 Å². The van der Waals surface area contributed by atoms with Crippen LogP contribution in [-0.4, -0.2) is 30.2 Å². The highest BCUT2D eigenvalue weighted by Crippen LogP contribution is 2.27. The molecular weight excluding hydrogens is 252 g/mol. The van der Waals surface area contributed by atoms with Crippen LogP contribution < -0.4 is 10.6 Å². The molecule has 20 heavy (non-hydrogen) atoms. The highest BCUT2D eigenvalue weighted by molar-refractivity contribution is 5.93. The van der Waals surface area contributed by atoms with Crippen molar-refractivity contribution in [2.24, 2.45) is 0 Å². The second kappa shape index (κ2) is 8.02. The topological polar surface area (TPSA) is 61.4 Å². The number of hydrogen-bond acceptors (Lipinski definition) is 3. The number of aliphatic hydroxyl groups excluding tert-OH is 1. The molecule has 0 saturated carbocycles. The zero-order valence-corrected chi connectivity index (χ0v) is 12.9. The highest BCUT2D eigenvalue weighted by Gasteiger charge is 2.13. The second-order valence-electron chi connectivity index (χ2n) is 5.41. The van der Waals surface area contributed by atoms with Crippen LogP contribution in [0.2, 0.25) is 0 Å². The van der Waals surface area contributed by atoms with Gasteiger partial charge in [-0.3, -0.25) is 4.79 Å². The fourth-order valence-electron chi connectivity index (χ4n) is 2.10. The molecule has 1 rings (SSSR count). The third-order valence-corrected chi connectivity index (χ3v) is 3.46. The van der Waals surface area contributed by atoms with E-state index in [-0.39, 0.29) is 25.1 Å². The van der Waals surface area contributed by atoms with Gasteiger partial charge in [-0.1, -0.05) is 39.0 Å². The lowest BCUT2D eigenvalue weighted by molar-refractivity contribution is -0.115. The van der Waals surface area contributed by atoms with Crippen molar-refractivity contribution in [1.29, 1.82) is 0 Å². The highest BCUT2D eigenvalue weighted by atomic mass is 16.3. The number of anilines is 1. The molecule has 1 aromatic carbocycles. The molecule has 0 aliphatic rings. The standard InChI is InChI=1S/C16H26N2O2/c1-5-13(10-19)17-9-15(20)18-16-12(4)7-6-8-14(16)11(2)3/h6-8,11,13,17,19H,5,9-10H2,1-4H3,(H,18,20)/t13-/m0/s1. The van der Waals surface area contributed by atoms with E-state index >= 15 is 0 Å². The Morgan fingerprint density at radius 3 is 2.60 bits per heavy atom. The van der Waals surface area contributed by atoms with Gasteiger partial charge in [0, 0.05) is 11.7 Å². The summed E-state index contributed by atoms with van der Waals surface area (Å²) in [4.78, 5) is 12.0. The van der Waals surface area contributed by atoms with Crippen molar-refractivity contribution in [1.82, 2.24) is 5.32 Å². The third kappa shape index (κ3) is 4.62. The van der Waals surface area contributed by atoms with Gasteiger partial charge in [-0.25, -0.2) is 0 Å². The van der Waals surface area contributed by atoms with E-state index in [2.05, 4.69) is 24.5 Å². The summed E-state index contributed by atoms with van der Waals surface area (Å²) in [5.41, 5.74) is 3.12. The van der Waals surface area contributed by atoms with Crippen molar-refractivity contribution >= 4 is 11.6 Å². The van der Waals surface area contributed by atoms with Crippen LogP contribution in [0.4, 0.5) is 5.69 Å². The van der Waals surface area contributed by atoms with Gasteiger partial charge in [0.1, 0.15) is 0 Å². The SMILES string of the molecule is CC[C@@H](CO)NCC(=O)Nc1c(C)cccc1C(C)C. The zero-order valence-electron chi connectivity index (χ0n) is 12.9. The summed E-state index contributed by atoms with van der Waals surface area (Å²) in [6.07, 6.45) is 0.797. The summed E-state index contributed by atoms with van der Waals surface area (Å²) >= 11 is 0. The first-order chi connectivity index (χ1) is 9.49. The van der Waals surface area contributed by atoms with E-state index in [0.717, 1.165) is 23.2 Å². The first kappa shape index (κ1) is 16.7. The summed E-state index contributed by atoms with van der Waals surface area (Å²) in [5, 5.41) is 15.1. The van der Waals surface area contributed by atoms with Crippen LogP contribution in [0.1, 0.15) is 44.2 Å². The van der Waals surface area contributed by atoms with Crippen LogP contribution in [-0.2, 0) is 4.79 Å². The molecule has 0 unspecified atom stereocenters. The van der Waals surface area contributed by atoms with Crippen LogP contribution in [0.25, 0.3) is 0 Å². The Morgan fingerprint density at radius 1 is 1.35 bits per heavy atom. The molecule has 0 radical (unpaired) electrons. The van der Waals surface area contributed by atoms with E-state index < -0.39 is 0 Å². The first-order valence-corrected chi connectivity index (χ1v) is 7.23. The number of nitrogens with one attached hydrogen (secondary N) is 2. The molecule has 0 bridgehead atoms. The Labute approximate surface area is 121 Å². The molecule has 0 saturated heterocycles. The molecule has 0 spiro atoms. The number of rotatable bonds is 7. The Balaban J connectivity index is 2.71. The van der Waals surface area contributed by atoms with Crippen molar-refractivity contribution in [2.45, 2.75) is 46.1 Å². The van der Waals surface area contributed by atoms with Crippen molar-refractivity contribution in [3.05, 3.63) is 29.3 Å². The van der Waals surface area contributed by atoms with Crippen LogP contribution in [0, 0.1) is 6.92 Å². The molecule has 4 nitrogen and oxygen atoms in total. The van der Waals surface area contributed by atoms with Gasteiger partial charge in [-0.2, -0.15) is 0 Å². The van der Waals surface area contributed by atoms with E-state index in [1.807, 2.05) is 32.0 Å². The molecular formula is C16H26N2O2. The minimum atomic E-state index is -0.0758. The minimum Gasteiger partial charge on any atom is -0.395 e. The molecule has 1 aromatic rings. The molecule has 0 heterocycles. The number of aliphatic hydroxyl groups is 1. The van der Waals surface area contributed by atoms with Gasteiger partial charge in [-0.05, 0) is 30.4 Å². The molecule has 0 fully saturated rings. The Kier molecular flexibility index (Phi) is 6.68. The Hall–Kier alpha value is -1.39. The largest absolute Gasteiger partial charge is 0.395 e. The molecule has 4 heteroatoms. The van der Waals surface area contributed by atoms with Gasteiger partial charge in [0.05, 0.1) is 13.2 Å². The Morgan fingerprint density at radius 2 is 2.05 bits per heavy atom. The van der Waals surface area contributed by atoms with Crippen LogP contribution >= 0.6 is 0 Å². The van der Waals surface area contributed by atoms with Crippen LogP contribution in [0.15, 0.2) is 18.2 Å². The number of hydrogen-bond donors (Lipinski definition) is 3. The van der Waals surface area contributed by atoms with Crippen LogP contribution in [0.3, 0.4) is 0 Å². The van der Waals surface area contributed by atoms with Gasteiger partial charge in [0.15, 0.2) is 0 Å². The monoisotopic (exact) mass is 278 g/mol. The quantitative estimate of drug-likeness (QED) is 0.718. The molecule has 3 N–H and O–H groups in total. The lowest BCUT2D eigenvalue weighted by Crippen LogP contribution is -2.38. The minimum absolute atomic E-state index is 0.0258. The molecule has 0 aromatic heterocycles. The van der Waals surface area contributed by atoms with E-state index in [9.17, 15) is 4.79 Å². The van der Waals surface area contributed by atoms with E-state index in [1.54, 1.807) is 0 Å². The average Bonchev–Trinajstić information content (AvgIpc) is 2.42. The smallest absolute Gasteiger partial charge is 0.238 e. The zero-order chi connectivity index (χ0) is 15.1. The van der Waals surface area contributed by atoms with Gasteiger partial charge in [-0.15, -0.1) is 0 Å². The normalized spacial score (nSPS) is 12.5. The van der Waals surface area contributed by atoms with E-state index in [4.69, 9.17) is 5.11 Å². The predicted molar refractivity (Wildman–Crippen MR) is 83.1 cm³/mol. The second-order valence-corrected chi connectivity index (χ2v) is 5.41. The predicted octanol–water partition coefficient (Wildman–Crippen LogP) is 2.42. The summed E-state index contributed by atoms with van der Waals surface area (Å²) in [6.45, 7) is 8.46. The Bertz CT molecular complexity index is 440. The molecule has 0 aliphatic heterocycles.